The van der Waals surface area contributed by atoms with Crippen molar-refractivity contribution in [2.45, 2.75) is 58.8 Å². The third kappa shape index (κ3) is 5.38. The van der Waals surface area contributed by atoms with E-state index in [-0.39, 0.29) is 0 Å². The molecule has 0 unspecified atom stereocenters. The lowest BCUT2D eigenvalue weighted by Crippen LogP contribution is -2.54. The minimum atomic E-state index is -5.62. The molecule has 0 spiro atoms. The van der Waals surface area contributed by atoms with Gasteiger partial charge in [0, 0.05) is 0 Å². The molecule has 0 aliphatic rings. The van der Waals surface area contributed by atoms with Gasteiger partial charge in [0.1, 0.15) is 0 Å². The van der Waals surface area contributed by atoms with Crippen LogP contribution in [0.1, 0.15) is 50.1 Å². The molecule has 0 bridgehead atoms. The van der Waals surface area contributed by atoms with Crippen LogP contribution in [0.4, 0.5) is 26.3 Å². The molecular formula is C41H34F6. The fourth-order valence-electron chi connectivity index (χ4n) is 7.03. The van der Waals surface area contributed by atoms with Gasteiger partial charge in [0.25, 0.3) is 0 Å². The molecule has 0 aliphatic carbocycles. The predicted molar refractivity (Wildman–Crippen MR) is 179 cm³/mol. The van der Waals surface area contributed by atoms with Crippen LogP contribution < -0.4 is 0 Å². The van der Waals surface area contributed by atoms with Crippen LogP contribution >= 0.6 is 0 Å². The first-order valence-corrected chi connectivity index (χ1v) is 15.5. The van der Waals surface area contributed by atoms with Gasteiger partial charge < -0.3 is 0 Å². The molecule has 0 nitrogen and oxygen atoms in total. The molecular weight excluding hydrogens is 606 g/mol. The first kappa shape index (κ1) is 32.4. The van der Waals surface area contributed by atoms with E-state index >= 15 is 0 Å². The summed E-state index contributed by atoms with van der Waals surface area (Å²) in [5.74, 6) is 0. The largest absolute Gasteiger partial charge is 0.411 e. The summed E-state index contributed by atoms with van der Waals surface area (Å²) in [7, 11) is 0. The second-order valence-corrected chi connectivity index (χ2v) is 12.6. The normalized spacial score (nSPS) is 12.7. The molecule has 6 aromatic carbocycles. The second-order valence-electron chi connectivity index (χ2n) is 12.6. The van der Waals surface area contributed by atoms with Crippen LogP contribution in [-0.4, -0.2) is 12.4 Å². The van der Waals surface area contributed by atoms with E-state index in [1.165, 1.54) is 46.2 Å². The molecule has 0 N–H and O–H groups in total. The Morgan fingerprint density at radius 1 is 0.489 bits per heavy atom. The van der Waals surface area contributed by atoms with Crippen molar-refractivity contribution in [2.24, 2.45) is 0 Å². The molecule has 47 heavy (non-hydrogen) atoms. The Balaban J connectivity index is 1.40. The van der Waals surface area contributed by atoms with Crippen molar-refractivity contribution in [1.29, 1.82) is 0 Å². The molecule has 6 rings (SSSR count). The summed E-state index contributed by atoms with van der Waals surface area (Å²) in [4.78, 5) is 0. The maximum Gasteiger partial charge on any atom is 0.411 e. The zero-order chi connectivity index (χ0) is 33.9. The molecule has 240 valence electrons. The number of aryl methyl sites for hydroxylation is 5. The fraction of sp³-hybridized carbons (Fsp3) is 0.220. The van der Waals surface area contributed by atoms with Gasteiger partial charge in [0.05, 0.1) is 0 Å². The average Bonchev–Trinajstić information content (AvgIpc) is 3.01. The molecule has 0 amide bonds. The molecule has 0 saturated heterocycles. The number of alkyl halides is 6. The Morgan fingerprint density at radius 3 is 1.68 bits per heavy atom. The molecule has 0 aliphatic heterocycles. The third-order valence-electron chi connectivity index (χ3n) is 9.70. The standard InChI is InChI=1S/C41H34F6/c1-24-9-14-32(15-10-24)39(40(42,43)44,41(45,46)47)33-16-11-29(12-17-33)22-31-21-26(3)35-18-13-30(23-38(35)27(31)4)36-20-19-34-25(2)7-6-8-37(34)28(36)5/h6-21,23H,22H2,1-5H3. The van der Waals surface area contributed by atoms with Gasteiger partial charge in [0.15, 0.2) is 0 Å². The number of hydrogen-bond donors (Lipinski definition) is 0. The van der Waals surface area contributed by atoms with Crippen LogP contribution in [0.2, 0.25) is 0 Å². The van der Waals surface area contributed by atoms with Gasteiger partial charge >= 0.3 is 12.4 Å². The van der Waals surface area contributed by atoms with Crippen molar-refractivity contribution in [2.75, 3.05) is 0 Å². The summed E-state index contributed by atoms with van der Waals surface area (Å²) in [6, 6.07) is 28.2. The molecule has 0 fully saturated rings. The van der Waals surface area contributed by atoms with Gasteiger partial charge in [-0.25, -0.2) is 0 Å². The highest BCUT2D eigenvalue weighted by molar-refractivity contribution is 5.97. The SMILES string of the molecule is Cc1ccc(C(c2ccc(Cc3cc(C)c4ccc(-c5ccc6c(C)cccc6c5C)cc4c3C)cc2)(C(F)(F)F)C(F)(F)F)cc1. The number of halogens is 6. The number of rotatable bonds is 5. The minimum absolute atomic E-state index is 0.358. The van der Waals surface area contributed by atoms with Crippen LogP contribution in [0.25, 0.3) is 32.7 Å². The molecule has 6 heteroatoms. The van der Waals surface area contributed by atoms with E-state index in [0.29, 0.717) is 17.5 Å². The van der Waals surface area contributed by atoms with Gasteiger partial charge in [-0.15, -0.1) is 0 Å². The van der Waals surface area contributed by atoms with Gasteiger partial charge in [0.2, 0.25) is 5.41 Å². The van der Waals surface area contributed by atoms with Crippen LogP contribution in [-0.2, 0) is 11.8 Å². The maximum absolute atomic E-state index is 14.6. The first-order chi connectivity index (χ1) is 22.1. The summed E-state index contributed by atoms with van der Waals surface area (Å²) in [6.45, 7) is 9.88. The Labute approximate surface area is 270 Å². The molecule has 6 aromatic rings. The summed E-state index contributed by atoms with van der Waals surface area (Å²) in [6.07, 6.45) is -10.9. The van der Waals surface area contributed by atoms with Crippen LogP contribution in [0, 0.1) is 34.6 Å². The van der Waals surface area contributed by atoms with E-state index in [9.17, 15) is 26.3 Å². The summed E-state index contributed by atoms with van der Waals surface area (Å²) in [5, 5.41) is 4.58. The number of hydrogen-bond acceptors (Lipinski definition) is 0. The fourth-order valence-corrected chi connectivity index (χ4v) is 7.03. The summed E-state index contributed by atoms with van der Waals surface area (Å²) < 4.78 is 87.5. The van der Waals surface area contributed by atoms with E-state index < -0.39 is 28.9 Å². The number of benzene rings is 6. The van der Waals surface area contributed by atoms with Crippen molar-refractivity contribution < 1.29 is 26.3 Å². The van der Waals surface area contributed by atoms with Gasteiger partial charge in [-0.05, 0) is 124 Å². The van der Waals surface area contributed by atoms with Gasteiger partial charge in [-0.2, -0.15) is 26.3 Å². The zero-order valence-corrected chi connectivity index (χ0v) is 26.8. The Morgan fingerprint density at radius 2 is 1.06 bits per heavy atom. The van der Waals surface area contributed by atoms with Crippen molar-refractivity contribution in [3.8, 4) is 11.1 Å². The van der Waals surface area contributed by atoms with E-state index in [1.807, 2.05) is 13.8 Å². The molecule has 0 heterocycles. The maximum atomic E-state index is 14.6. The lowest BCUT2D eigenvalue weighted by atomic mass is 9.72. The highest BCUT2D eigenvalue weighted by Crippen LogP contribution is 2.56. The molecule has 0 saturated carbocycles. The lowest BCUT2D eigenvalue weighted by molar-refractivity contribution is -0.288. The van der Waals surface area contributed by atoms with Crippen molar-refractivity contribution in [1.82, 2.24) is 0 Å². The monoisotopic (exact) mass is 640 g/mol. The average molecular weight is 641 g/mol. The summed E-state index contributed by atoms with van der Waals surface area (Å²) in [5.41, 5.74) is 2.96. The van der Waals surface area contributed by atoms with Crippen molar-refractivity contribution >= 4 is 21.5 Å². The van der Waals surface area contributed by atoms with Crippen molar-refractivity contribution in [3.63, 3.8) is 0 Å². The van der Waals surface area contributed by atoms with E-state index in [4.69, 9.17) is 0 Å². The predicted octanol–water partition coefficient (Wildman–Crippen LogP) is 12.2. The lowest BCUT2D eigenvalue weighted by Gasteiger charge is -2.38. The van der Waals surface area contributed by atoms with Crippen LogP contribution in [0.5, 0.6) is 0 Å². The Bertz CT molecular complexity index is 2100. The molecule has 0 atom stereocenters. The zero-order valence-electron chi connectivity index (χ0n) is 26.8. The molecule has 0 aromatic heterocycles. The van der Waals surface area contributed by atoms with Gasteiger partial charge in [-0.1, -0.05) is 103 Å². The van der Waals surface area contributed by atoms with Crippen LogP contribution in [0.15, 0.2) is 103 Å². The number of fused-ring (bicyclic) bond motifs is 2. The Kier molecular flexibility index (Phi) is 7.98. The van der Waals surface area contributed by atoms with Crippen LogP contribution in [0.3, 0.4) is 0 Å². The Hall–Kier alpha value is -4.58. The van der Waals surface area contributed by atoms with E-state index in [1.54, 1.807) is 6.92 Å². The first-order valence-electron chi connectivity index (χ1n) is 15.5. The minimum Gasteiger partial charge on any atom is -0.169 e. The third-order valence-corrected chi connectivity index (χ3v) is 9.70. The van der Waals surface area contributed by atoms with Gasteiger partial charge in [-0.3, -0.25) is 0 Å². The molecule has 0 radical (unpaired) electrons. The second kappa shape index (κ2) is 11.6. The summed E-state index contributed by atoms with van der Waals surface area (Å²) >= 11 is 0. The highest BCUT2D eigenvalue weighted by Gasteiger charge is 2.72. The highest BCUT2D eigenvalue weighted by atomic mass is 19.4. The van der Waals surface area contributed by atoms with E-state index in [2.05, 4.69) is 68.4 Å². The topological polar surface area (TPSA) is 0 Å². The smallest absolute Gasteiger partial charge is 0.169 e. The van der Waals surface area contributed by atoms with E-state index in [0.717, 1.165) is 62.9 Å². The van der Waals surface area contributed by atoms with Crippen molar-refractivity contribution in [3.05, 3.63) is 153 Å². The quantitative estimate of drug-likeness (QED) is 0.165.